The minimum atomic E-state index is -1.34. The molecule has 0 unspecified atom stereocenters. The van der Waals surface area contributed by atoms with Crippen molar-refractivity contribution in [2.24, 2.45) is 47.3 Å². The first-order chi connectivity index (χ1) is 54.6. The van der Waals surface area contributed by atoms with Gasteiger partial charge in [0.05, 0.1) is 12.2 Å². The van der Waals surface area contributed by atoms with Crippen LogP contribution in [0.4, 0.5) is 0 Å². The standard InChI is InChI=1S/C27H4.C26H2.C24H27BO3.C18H24O3.C6H7BO2/c1-3-5-7-9-11-13-15-17-19-21-23-25-27-26-24-22-20-18-16-14-12-10-8-6-4-2;1-3-5-7-9-11-13-15-17-19-21-23-25-26-24-22-20-18-16-14-12-10-8-6-4-2;1-2-18-15-20(13-14-24(26)19-9-5-3-6-10-19)23-17-28-25(27-16-22(18)23)21-11-7-4-8-12-21;1-2-13-10-15(17(12-20)16(13)11-19)8-9-18(21)14-6-4-3-5-7-14;8-7(9)6-4-2-1-3-5-6/h1H,2H3;1-2H;2-14,18,20,22-24,26H,1,15-17H2;2-9,13,15-21H,1,10-12H2;1-5,8-9H/b;;14-13-;9-8-;/t;;18-,20+,22+,23-,24-;13-,15+,16+,17-,18-;/m..11./s1. The highest BCUT2D eigenvalue weighted by Gasteiger charge is 2.44. The maximum Gasteiger partial charge on any atom is 0.493 e. The molecule has 10 atom stereocenters. The van der Waals surface area contributed by atoms with Crippen molar-refractivity contribution in [3.05, 3.63) is 182 Å². The van der Waals surface area contributed by atoms with Gasteiger partial charge in [0, 0.05) is 121 Å². The molecule has 7 rings (SSSR count). The van der Waals surface area contributed by atoms with Crippen molar-refractivity contribution in [1.29, 1.82) is 0 Å². The molecule has 1 aliphatic heterocycles. The molecular weight excluding hydrogens is 1360 g/mol. The molecule has 1 saturated heterocycles. The zero-order valence-corrected chi connectivity index (χ0v) is 60.3. The lowest BCUT2D eigenvalue weighted by Crippen LogP contribution is -2.36. The summed E-state index contributed by atoms with van der Waals surface area (Å²) in [7, 11) is -1.65. The average Bonchev–Trinajstić information content (AvgIpc) is 1.67. The van der Waals surface area contributed by atoms with E-state index in [1.807, 2.05) is 115 Å². The number of aliphatic hydroxyl groups excluding tert-OH is 4. The van der Waals surface area contributed by atoms with Gasteiger partial charge >= 0.3 is 14.2 Å². The second-order valence-corrected chi connectivity index (χ2v) is 21.6. The van der Waals surface area contributed by atoms with Crippen molar-refractivity contribution in [3.8, 4) is 309 Å². The second kappa shape index (κ2) is 61.7. The molecule has 6 N–H and O–H groups in total. The van der Waals surface area contributed by atoms with E-state index in [1.165, 1.54) is 0 Å². The van der Waals surface area contributed by atoms with Crippen LogP contribution < -0.4 is 10.9 Å². The van der Waals surface area contributed by atoms with Crippen molar-refractivity contribution in [2.45, 2.75) is 32.0 Å². The Labute approximate surface area is 658 Å². The van der Waals surface area contributed by atoms with Crippen molar-refractivity contribution in [3.63, 3.8) is 0 Å². The Morgan fingerprint density at radius 2 is 0.640 bits per heavy atom. The number of benzene rings is 4. The maximum absolute atomic E-state index is 10.5. The molecule has 522 valence electrons. The van der Waals surface area contributed by atoms with E-state index in [9.17, 15) is 20.4 Å². The Hall–Kier alpha value is -15.8. The van der Waals surface area contributed by atoms with Gasteiger partial charge in [-0.25, -0.2) is 0 Å². The molecule has 111 heavy (non-hydrogen) atoms. The summed E-state index contributed by atoms with van der Waals surface area (Å²) in [6.45, 7) is 11.0. The number of allylic oxidation sites excluding steroid dienone is 4. The molecule has 0 aromatic heterocycles. The molecule has 4 aromatic rings. The van der Waals surface area contributed by atoms with Gasteiger partial charge in [-0.1, -0.05) is 164 Å². The number of rotatable bonds is 12. The van der Waals surface area contributed by atoms with Crippen LogP contribution >= 0.6 is 0 Å². The minimum absolute atomic E-state index is 0.0252. The highest BCUT2D eigenvalue weighted by Crippen LogP contribution is 2.45. The van der Waals surface area contributed by atoms with E-state index in [1.54, 1.807) is 37.3 Å². The normalized spacial score (nSPS) is 15.6. The van der Waals surface area contributed by atoms with E-state index in [0.717, 1.165) is 29.4 Å². The van der Waals surface area contributed by atoms with E-state index in [0.29, 0.717) is 42.3 Å². The molecule has 0 radical (unpaired) electrons. The van der Waals surface area contributed by atoms with Crippen LogP contribution in [0.1, 0.15) is 43.1 Å². The van der Waals surface area contributed by atoms with E-state index < -0.39 is 19.3 Å². The Kier molecular flexibility index (Phi) is 49.7. The molecule has 0 spiro atoms. The van der Waals surface area contributed by atoms with E-state index >= 15 is 0 Å². The zero-order valence-electron chi connectivity index (χ0n) is 60.3. The van der Waals surface area contributed by atoms with Gasteiger partial charge in [0.1, 0.15) is 0 Å². The smallest absolute Gasteiger partial charge is 0.423 e. The predicted molar refractivity (Wildman–Crippen MR) is 444 cm³/mol. The molecule has 2 saturated carbocycles. The van der Waals surface area contributed by atoms with Gasteiger partial charge in [0.2, 0.25) is 0 Å². The van der Waals surface area contributed by atoms with Crippen LogP contribution in [-0.2, 0) is 9.31 Å². The van der Waals surface area contributed by atoms with Gasteiger partial charge in [-0.3, -0.25) is 0 Å². The summed E-state index contributed by atoms with van der Waals surface area (Å²) in [5.41, 5.74) is 3.35. The third-order valence-electron chi connectivity index (χ3n) is 14.9. The summed E-state index contributed by atoms with van der Waals surface area (Å²) in [4.78, 5) is 0. The molecule has 2 aliphatic carbocycles. The van der Waals surface area contributed by atoms with Gasteiger partial charge in [-0.15, -0.1) is 32.4 Å². The van der Waals surface area contributed by atoms with Crippen LogP contribution in [0.5, 0.6) is 0 Å². The molecule has 4 aromatic carbocycles. The second-order valence-electron chi connectivity index (χ2n) is 21.6. The van der Waals surface area contributed by atoms with Crippen LogP contribution in [0.3, 0.4) is 0 Å². The Bertz CT molecular complexity index is 5580. The van der Waals surface area contributed by atoms with Crippen LogP contribution in [0.25, 0.3) is 0 Å². The topological polar surface area (TPSA) is 140 Å². The summed E-state index contributed by atoms with van der Waals surface area (Å²) in [6.07, 6.45) is 27.2. The molecule has 10 heteroatoms. The first kappa shape index (κ1) is 89.4. The zero-order chi connectivity index (χ0) is 79.9. The molecule has 8 nitrogen and oxygen atoms in total. The quantitative estimate of drug-likeness (QED) is 0.0543. The van der Waals surface area contributed by atoms with Crippen LogP contribution in [0.15, 0.2) is 171 Å². The lowest BCUT2D eigenvalue weighted by Gasteiger charge is -2.21. The largest absolute Gasteiger partial charge is 0.493 e. The Morgan fingerprint density at radius 3 is 0.919 bits per heavy atom. The van der Waals surface area contributed by atoms with Gasteiger partial charge in [-0.2, -0.15) is 0 Å². The predicted octanol–water partition coefficient (Wildman–Crippen LogP) is 6.43. The highest BCUT2D eigenvalue weighted by molar-refractivity contribution is 6.61. The summed E-state index contributed by atoms with van der Waals surface area (Å²) < 4.78 is 12.3. The first-order valence-electron chi connectivity index (χ1n) is 33.4. The summed E-state index contributed by atoms with van der Waals surface area (Å²) in [5, 5.41) is 56.9. The number of hydrogen-bond donors (Lipinski definition) is 6. The Morgan fingerprint density at radius 1 is 0.378 bits per heavy atom. The fraction of sp³-hybridized carbons (Fsp3) is 0.168. The van der Waals surface area contributed by atoms with Gasteiger partial charge in [0.25, 0.3) is 0 Å². The molecule has 3 aliphatic rings. The van der Waals surface area contributed by atoms with Crippen molar-refractivity contribution in [1.82, 2.24) is 0 Å². The molecule has 3 fully saturated rings. The average molecular weight is 1430 g/mol. The highest BCUT2D eigenvalue weighted by atomic mass is 16.6. The Balaban J connectivity index is 0.000000370. The van der Waals surface area contributed by atoms with Crippen molar-refractivity contribution < 1.29 is 39.8 Å². The lowest BCUT2D eigenvalue weighted by atomic mass is 9.79. The number of fused-ring (bicyclic) bond motifs is 1. The monoisotopic (exact) mass is 1430 g/mol. The third-order valence-corrected chi connectivity index (χ3v) is 14.9. The lowest BCUT2D eigenvalue weighted by molar-refractivity contribution is 0.117. The fourth-order valence-electron chi connectivity index (χ4n) is 9.96. The molecule has 1 heterocycles. The van der Waals surface area contributed by atoms with Crippen LogP contribution in [0.2, 0.25) is 0 Å². The first-order valence-corrected chi connectivity index (χ1v) is 33.4. The maximum atomic E-state index is 10.5. The molecular formula is C101H64B2O8. The van der Waals surface area contributed by atoms with Crippen molar-refractivity contribution >= 4 is 25.2 Å². The number of hydrogen-bond acceptors (Lipinski definition) is 8. The van der Waals surface area contributed by atoms with E-state index in [4.69, 9.17) is 38.6 Å². The number of terminal acetylenes is 3. The van der Waals surface area contributed by atoms with E-state index in [-0.39, 0.29) is 44.0 Å². The fourth-order valence-corrected chi connectivity index (χ4v) is 9.96. The number of aliphatic hydroxyl groups is 4. The van der Waals surface area contributed by atoms with Gasteiger partial charge in [0.15, 0.2) is 0 Å². The third kappa shape index (κ3) is 41.3. The summed E-state index contributed by atoms with van der Waals surface area (Å²) >= 11 is 0. The molecule has 0 bridgehead atoms. The molecule has 0 amide bonds. The van der Waals surface area contributed by atoms with E-state index in [2.05, 4.69) is 315 Å². The van der Waals surface area contributed by atoms with Crippen LogP contribution in [-0.4, -0.2) is 71.1 Å². The van der Waals surface area contributed by atoms with Crippen LogP contribution in [0, 0.1) is 357 Å². The van der Waals surface area contributed by atoms with Crippen molar-refractivity contribution in [2.75, 3.05) is 26.4 Å². The van der Waals surface area contributed by atoms with Gasteiger partial charge in [-0.05, 0) is 279 Å². The summed E-state index contributed by atoms with van der Waals surface area (Å²) in [5.74, 6) is 122. The minimum Gasteiger partial charge on any atom is -0.423 e. The van der Waals surface area contributed by atoms with Gasteiger partial charge < -0.3 is 39.8 Å². The summed E-state index contributed by atoms with van der Waals surface area (Å²) in [6, 6.07) is 38.0. The SMILES string of the molecule is C#CC#CC#CC#CC#CC#CC#CC#CC#CC#CC#CC#CC#C.C#CC#CC#CC#CC#CC#CC#CC#CC#CC#CC#CC#CC#CC.C=C[C@@H]1C[C@H](/C=C\[C@@H](O)c2ccccc2)[C@@H](CO)[C@H]1CO.C=C[C@@H]1C[C@H](/C=C\[C@@H](O)c2ccccc2)[C@H]2COB(c3ccccc3)OC[C@H]21.OB(O)c1ccccc1.